The number of hydrogen-bond donors (Lipinski definition) is 0. The number of benzene rings is 2. The standard InChI is InChI=1S/C18H19NO2/c1-20-17-8-7-14(13-18(17)21-2)9-11-19-12-10-15-5-3-4-6-16(15)19/h3-8,10,12-13H,9,11H2,1-2H3. The zero-order chi connectivity index (χ0) is 14.7. The van der Waals surface area contributed by atoms with E-state index in [1.807, 2.05) is 12.1 Å². The first-order chi connectivity index (χ1) is 10.3. The largest absolute Gasteiger partial charge is 0.493 e. The van der Waals surface area contributed by atoms with Gasteiger partial charge in [0, 0.05) is 18.3 Å². The Morgan fingerprint density at radius 3 is 2.52 bits per heavy atom. The summed E-state index contributed by atoms with van der Waals surface area (Å²) < 4.78 is 12.9. The number of aryl methyl sites for hydroxylation is 2. The molecule has 3 aromatic rings. The Labute approximate surface area is 124 Å². The Kier molecular flexibility index (Phi) is 3.82. The molecule has 108 valence electrons. The Morgan fingerprint density at radius 2 is 1.71 bits per heavy atom. The molecule has 0 saturated carbocycles. The van der Waals surface area contributed by atoms with E-state index in [-0.39, 0.29) is 0 Å². The fourth-order valence-corrected chi connectivity index (χ4v) is 2.62. The van der Waals surface area contributed by atoms with Gasteiger partial charge in [0.2, 0.25) is 0 Å². The average molecular weight is 281 g/mol. The number of ether oxygens (including phenoxy) is 2. The van der Waals surface area contributed by atoms with Crippen LogP contribution in [-0.4, -0.2) is 18.8 Å². The highest BCUT2D eigenvalue weighted by Gasteiger charge is 2.05. The van der Waals surface area contributed by atoms with Crippen molar-refractivity contribution in [1.82, 2.24) is 4.57 Å². The Morgan fingerprint density at radius 1 is 0.905 bits per heavy atom. The van der Waals surface area contributed by atoms with E-state index in [4.69, 9.17) is 9.47 Å². The smallest absolute Gasteiger partial charge is 0.160 e. The van der Waals surface area contributed by atoms with E-state index >= 15 is 0 Å². The molecule has 0 unspecified atom stereocenters. The molecule has 1 aromatic heterocycles. The van der Waals surface area contributed by atoms with E-state index in [2.05, 4.69) is 47.2 Å². The summed E-state index contributed by atoms with van der Waals surface area (Å²) in [6.45, 7) is 0.947. The molecule has 3 heteroatoms. The van der Waals surface area contributed by atoms with E-state index in [9.17, 15) is 0 Å². The third-order valence-corrected chi connectivity index (χ3v) is 3.77. The Hall–Kier alpha value is -2.42. The molecule has 21 heavy (non-hydrogen) atoms. The van der Waals surface area contributed by atoms with Gasteiger partial charge in [-0.25, -0.2) is 0 Å². The molecule has 3 nitrogen and oxygen atoms in total. The number of aromatic nitrogens is 1. The van der Waals surface area contributed by atoms with Crippen LogP contribution in [0.5, 0.6) is 11.5 Å². The van der Waals surface area contributed by atoms with E-state index in [1.165, 1.54) is 16.5 Å². The van der Waals surface area contributed by atoms with Gasteiger partial charge in [-0.05, 0) is 41.6 Å². The fourth-order valence-electron chi connectivity index (χ4n) is 2.62. The van der Waals surface area contributed by atoms with E-state index in [1.54, 1.807) is 14.2 Å². The molecule has 0 bridgehead atoms. The predicted octanol–water partition coefficient (Wildman–Crippen LogP) is 3.90. The van der Waals surface area contributed by atoms with Gasteiger partial charge in [-0.3, -0.25) is 0 Å². The van der Waals surface area contributed by atoms with E-state index in [0.717, 1.165) is 24.5 Å². The molecule has 0 aliphatic carbocycles. The maximum Gasteiger partial charge on any atom is 0.160 e. The van der Waals surface area contributed by atoms with Crippen LogP contribution in [0.2, 0.25) is 0 Å². The first kappa shape index (κ1) is 13.6. The maximum atomic E-state index is 5.35. The summed E-state index contributed by atoms with van der Waals surface area (Å²) in [7, 11) is 3.32. The minimum atomic E-state index is 0.771. The minimum absolute atomic E-state index is 0.771. The molecule has 1 heterocycles. The molecule has 0 spiro atoms. The van der Waals surface area contributed by atoms with Gasteiger partial charge in [0.25, 0.3) is 0 Å². The van der Waals surface area contributed by atoms with E-state index in [0.29, 0.717) is 0 Å². The number of para-hydroxylation sites is 1. The van der Waals surface area contributed by atoms with Crippen molar-refractivity contribution in [2.24, 2.45) is 0 Å². The van der Waals surface area contributed by atoms with Crippen molar-refractivity contribution in [2.45, 2.75) is 13.0 Å². The van der Waals surface area contributed by atoms with Gasteiger partial charge < -0.3 is 14.0 Å². The number of hydrogen-bond acceptors (Lipinski definition) is 2. The van der Waals surface area contributed by atoms with Gasteiger partial charge in [0.1, 0.15) is 0 Å². The predicted molar refractivity (Wildman–Crippen MR) is 85.2 cm³/mol. The molecule has 0 amide bonds. The zero-order valence-corrected chi connectivity index (χ0v) is 12.4. The molecule has 0 aliphatic heterocycles. The molecule has 0 aliphatic rings. The van der Waals surface area contributed by atoms with Crippen molar-refractivity contribution in [2.75, 3.05) is 14.2 Å². The van der Waals surface area contributed by atoms with Crippen LogP contribution >= 0.6 is 0 Å². The first-order valence-electron chi connectivity index (χ1n) is 7.06. The lowest BCUT2D eigenvalue weighted by Crippen LogP contribution is -2.00. The normalized spacial score (nSPS) is 10.8. The Balaban J connectivity index is 1.78. The third kappa shape index (κ3) is 2.72. The highest BCUT2D eigenvalue weighted by molar-refractivity contribution is 5.79. The van der Waals surface area contributed by atoms with E-state index < -0.39 is 0 Å². The van der Waals surface area contributed by atoms with Gasteiger partial charge in [0.05, 0.1) is 14.2 Å². The molecule has 0 N–H and O–H groups in total. The second-order valence-corrected chi connectivity index (χ2v) is 5.01. The van der Waals surface area contributed by atoms with Crippen molar-refractivity contribution in [1.29, 1.82) is 0 Å². The Bertz CT molecular complexity index is 746. The molecule has 0 radical (unpaired) electrons. The summed E-state index contributed by atoms with van der Waals surface area (Å²) in [5.74, 6) is 1.56. The summed E-state index contributed by atoms with van der Waals surface area (Å²) in [6, 6.07) is 16.7. The van der Waals surface area contributed by atoms with Crippen molar-refractivity contribution in [3.8, 4) is 11.5 Å². The number of rotatable bonds is 5. The molecular formula is C18H19NO2. The highest BCUT2D eigenvalue weighted by Crippen LogP contribution is 2.28. The summed E-state index contributed by atoms with van der Waals surface area (Å²) in [6.07, 6.45) is 3.10. The summed E-state index contributed by atoms with van der Waals surface area (Å²) >= 11 is 0. The lowest BCUT2D eigenvalue weighted by molar-refractivity contribution is 0.354. The SMILES string of the molecule is COc1ccc(CCn2ccc3ccccc32)cc1OC. The van der Waals surface area contributed by atoms with Crippen molar-refractivity contribution in [3.63, 3.8) is 0 Å². The molecule has 0 saturated heterocycles. The van der Waals surface area contributed by atoms with Crippen LogP contribution in [0.3, 0.4) is 0 Å². The topological polar surface area (TPSA) is 23.4 Å². The van der Waals surface area contributed by atoms with Crippen LogP contribution in [0.4, 0.5) is 0 Å². The van der Waals surface area contributed by atoms with Crippen molar-refractivity contribution < 1.29 is 9.47 Å². The highest BCUT2D eigenvalue weighted by atomic mass is 16.5. The monoisotopic (exact) mass is 281 g/mol. The molecular weight excluding hydrogens is 262 g/mol. The average Bonchev–Trinajstić information content (AvgIpc) is 2.96. The van der Waals surface area contributed by atoms with Gasteiger partial charge in [-0.15, -0.1) is 0 Å². The lowest BCUT2D eigenvalue weighted by Gasteiger charge is -2.10. The summed E-state index contributed by atoms with van der Waals surface area (Å²) in [5, 5.41) is 1.28. The third-order valence-electron chi connectivity index (χ3n) is 3.77. The zero-order valence-electron chi connectivity index (χ0n) is 12.4. The van der Waals surface area contributed by atoms with Crippen LogP contribution in [0, 0.1) is 0 Å². The molecule has 0 atom stereocenters. The van der Waals surface area contributed by atoms with Gasteiger partial charge in [-0.2, -0.15) is 0 Å². The molecule has 3 rings (SSSR count). The molecule has 0 fully saturated rings. The first-order valence-corrected chi connectivity index (χ1v) is 7.06. The quantitative estimate of drug-likeness (QED) is 0.708. The summed E-state index contributed by atoms with van der Waals surface area (Å²) in [4.78, 5) is 0. The van der Waals surface area contributed by atoms with Crippen LogP contribution in [0.25, 0.3) is 10.9 Å². The number of methoxy groups -OCH3 is 2. The van der Waals surface area contributed by atoms with Crippen LogP contribution < -0.4 is 9.47 Å². The van der Waals surface area contributed by atoms with Crippen LogP contribution in [-0.2, 0) is 13.0 Å². The fraction of sp³-hybridized carbons (Fsp3) is 0.222. The van der Waals surface area contributed by atoms with Crippen LogP contribution in [0.1, 0.15) is 5.56 Å². The minimum Gasteiger partial charge on any atom is -0.493 e. The van der Waals surface area contributed by atoms with Crippen molar-refractivity contribution >= 4 is 10.9 Å². The summed E-state index contributed by atoms with van der Waals surface area (Å²) in [5.41, 5.74) is 2.52. The lowest BCUT2D eigenvalue weighted by atomic mass is 10.1. The number of fused-ring (bicyclic) bond motifs is 1. The van der Waals surface area contributed by atoms with Crippen LogP contribution in [0.15, 0.2) is 54.7 Å². The second kappa shape index (κ2) is 5.92. The second-order valence-electron chi connectivity index (χ2n) is 5.01. The van der Waals surface area contributed by atoms with Gasteiger partial charge >= 0.3 is 0 Å². The van der Waals surface area contributed by atoms with Gasteiger partial charge in [0.15, 0.2) is 11.5 Å². The number of nitrogens with zero attached hydrogens (tertiary/aromatic N) is 1. The maximum absolute atomic E-state index is 5.35. The van der Waals surface area contributed by atoms with Crippen molar-refractivity contribution in [3.05, 3.63) is 60.3 Å². The van der Waals surface area contributed by atoms with Gasteiger partial charge in [-0.1, -0.05) is 24.3 Å². The molecule has 2 aromatic carbocycles.